The Morgan fingerprint density at radius 3 is 2.29 bits per heavy atom. The lowest BCUT2D eigenvalue weighted by molar-refractivity contribution is 0.0992. The molecule has 0 saturated carbocycles. The molecule has 0 spiro atoms. The number of carbonyl (C=O) groups excluding carboxylic acids is 1. The fourth-order valence-electron chi connectivity index (χ4n) is 4.08. The number of amides is 1. The van der Waals surface area contributed by atoms with Gasteiger partial charge in [0.2, 0.25) is 10.0 Å². The molecule has 0 aliphatic rings. The first-order valence-electron chi connectivity index (χ1n) is 11.5. The fraction of sp³-hybridized carbons (Fsp3) is 0.400. The number of hydrogen-bond acceptors (Lipinski definition) is 6. The van der Waals surface area contributed by atoms with Crippen molar-refractivity contribution in [3.05, 3.63) is 53.8 Å². The Balaban J connectivity index is 2.09. The molecule has 2 aromatic carbocycles. The van der Waals surface area contributed by atoms with Crippen LogP contribution >= 0.6 is 0 Å². The predicted molar refractivity (Wildman–Crippen MR) is 135 cm³/mol. The van der Waals surface area contributed by atoms with Crippen LogP contribution in [-0.2, 0) is 21.4 Å². The molecule has 184 valence electrons. The molecule has 0 aliphatic heterocycles. The molecule has 0 fully saturated rings. The van der Waals surface area contributed by atoms with E-state index in [0.717, 1.165) is 11.1 Å². The SMILES string of the molecule is CCN(CC)c1ccc(S(=O)(=O)N(CC)CC)cc1NC(=O)c1oc2ccccc2c1COC. The number of rotatable bonds is 11. The zero-order valence-corrected chi connectivity index (χ0v) is 21.2. The van der Waals surface area contributed by atoms with Gasteiger partial charge < -0.3 is 19.4 Å². The topological polar surface area (TPSA) is 92.1 Å². The van der Waals surface area contributed by atoms with Crippen LogP contribution in [0.2, 0.25) is 0 Å². The standard InChI is InChI=1S/C25H33N3O5S/c1-6-27(7-2)22-15-14-18(34(30,31)28(8-3)9-4)16-21(22)26-25(29)24-20(17-32-5)19-12-10-11-13-23(19)33-24/h10-16H,6-9,17H2,1-5H3,(H,26,29). The molecule has 0 aliphatic carbocycles. The molecule has 3 aromatic rings. The zero-order chi connectivity index (χ0) is 24.9. The van der Waals surface area contributed by atoms with Gasteiger partial charge >= 0.3 is 0 Å². The first-order valence-corrected chi connectivity index (χ1v) is 13.0. The van der Waals surface area contributed by atoms with Gasteiger partial charge in [-0.2, -0.15) is 4.31 Å². The van der Waals surface area contributed by atoms with E-state index in [1.54, 1.807) is 39.2 Å². The number of benzene rings is 2. The van der Waals surface area contributed by atoms with Crippen molar-refractivity contribution in [3.63, 3.8) is 0 Å². The van der Waals surface area contributed by atoms with Crippen molar-refractivity contribution in [1.29, 1.82) is 0 Å². The van der Waals surface area contributed by atoms with Crippen LogP contribution in [-0.4, -0.2) is 51.9 Å². The number of nitrogens with one attached hydrogen (secondary N) is 1. The second-order valence-electron chi connectivity index (χ2n) is 7.73. The van der Waals surface area contributed by atoms with Crippen LogP contribution < -0.4 is 10.2 Å². The predicted octanol–water partition coefficient (Wildman–Crippen LogP) is 4.71. The van der Waals surface area contributed by atoms with Crippen LogP contribution in [0, 0.1) is 0 Å². The maximum absolute atomic E-state index is 13.4. The van der Waals surface area contributed by atoms with Crippen LogP contribution in [0.1, 0.15) is 43.8 Å². The minimum atomic E-state index is -3.70. The Hall–Kier alpha value is -2.88. The first kappa shape index (κ1) is 25.7. The highest BCUT2D eigenvalue weighted by atomic mass is 32.2. The van der Waals surface area contributed by atoms with E-state index in [2.05, 4.69) is 10.2 Å². The van der Waals surface area contributed by atoms with Gasteiger partial charge in [0.25, 0.3) is 5.91 Å². The van der Waals surface area contributed by atoms with Gasteiger partial charge in [-0.05, 0) is 38.1 Å². The van der Waals surface area contributed by atoms with Gasteiger partial charge in [-0.25, -0.2) is 8.42 Å². The molecule has 0 atom stereocenters. The molecule has 1 N–H and O–H groups in total. The summed E-state index contributed by atoms with van der Waals surface area (Å²) in [6.07, 6.45) is 0. The minimum absolute atomic E-state index is 0.129. The highest BCUT2D eigenvalue weighted by Gasteiger charge is 2.26. The Bertz CT molecular complexity index is 1240. The van der Waals surface area contributed by atoms with Gasteiger partial charge in [0.15, 0.2) is 5.76 Å². The van der Waals surface area contributed by atoms with Gasteiger partial charge in [0, 0.05) is 44.2 Å². The molecule has 1 amide bonds. The molecule has 0 saturated heterocycles. The smallest absolute Gasteiger partial charge is 0.291 e. The van der Waals surface area contributed by atoms with E-state index >= 15 is 0 Å². The Kier molecular flexibility index (Phi) is 8.35. The number of methoxy groups -OCH3 is 1. The van der Waals surface area contributed by atoms with Gasteiger partial charge in [-0.15, -0.1) is 0 Å². The Morgan fingerprint density at radius 1 is 1.00 bits per heavy atom. The number of carbonyl (C=O) groups is 1. The lowest BCUT2D eigenvalue weighted by Gasteiger charge is -2.25. The number of sulfonamides is 1. The van der Waals surface area contributed by atoms with E-state index in [4.69, 9.17) is 9.15 Å². The minimum Gasteiger partial charge on any atom is -0.451 e. The molecule has 3 rings (SSSR count). The Morgan fingerprint density at radius 2 is 1.68 bits per heavy atom. The maximum Gasteiger partial charge on any atom is 0.291 e. The third kappa shape index (κ3) is 4.96. The van der Waals surface area contributed by atoms with E-state index < -0.39 is 15.9 Å². The number of fused-ring (bicyclic) bond motifs is 1. The van der Waals surface area contributed by atoms with Crippen molar-refractivity contribution in [2.45, 2.75) is 39.2 Å². The molecule has 34 heavy (non-hydrogen) atoms. The summed E-state index contributed by atoms with van der Waals surface area (Å²) < 4.78 is 38.9. The van der Waals surface area contributed by atoms with Crippen molar-refractivity contribution < 1.29 is 22.4 Å². The van der Waals surface area contributed by atoms with Crippen LogP contribution in [0.3, 0.4) is 0 Å². The van der Waals surface area contributed by atoms with Crippen LogP contribution in [0.15, 0.2) is 51.8 Å². The van der Waals surface area contributed by atoms with E-state index in [-0.39, 0.29) is 17.3 Å². The molecule has 8 nitrogen and oxygen atoms in total. The van der Waals surface area contributed by atoms with E-state index in [0.29, 0.717) is 43.0 Å². The summed E-state index contributed by atoms with van der Waals surface area (Å²) in [7, 11) is -2.14. The zero-order valence-electron chi connectivity index (χ0n) is 20.4. The molecule has 0 unspecified atom stereocenters. The highest BCUT2D eigenvalue weighted by molar-refractivity contribution is 7.89. The van der Waals surface area contributed by atoms with E-state index in [1.165, 1.54) is 10.4 Å². The summed E-state index contributed by atoms with van der Waals surface area (Å²) in [4.78, 5) is 15.6. The van der Waals surface area contributed by atoms with Crippen LogP contribution in [0.5, 0.6) is 0 Å². The largest absolute Gasteiger partial charge is 0.451 e. The highest BCUT2D eigenvalue weighted by Crippen LogP contribution is 2.32. The molecule has 0 radical (unpaired) electrons. The number of ether oxygens (including phenoxy) is 1. The van der Waals surface area contributed by atoms with Crippen molar-refractivity contribution in [2.75, 3.05) is 43.5 Å². The first-order chi connectivity index (χ1) is 16.3. The average Bonchev–Trinajstić information content (AvgIpc) is 3.20. The summed E-state index contributed by atoms with van der Waals surface area (Å²) in [5.41, 5.74) is 2.38. The number of hydrogen-bond donors (Lipinski definition) is 1. The van der Waals surface area contributed by atoms with Crippen molar-refractivity contribution >= 4 is 38.3 Å². The normalized spacial score (nSPS) is 11.8. The molecular formula is C25H33N3O5S. The number of para-hydroxylation sites is 1. The second kappa shape index (κ2) is 11.0. The average molecular weight is 488 g/mol. The second-order valence-corrected chi connectivity index (χ2v) is 9.67. The maximum atomic E-state index is 13.4. The van der Waals surface area contributed by atoms with E-state index in [1.807, 2.05) is 32.0 Å². The molecular weight excluding hydrogens is 454 g/mol. The molecule has 0 bridgehead atoms. The van der Waals surface area contributed by atoms with Crippen molar-refractivity contribution in [1.82, 2.24) is 4.31 Å². The van der Waals surface area contributed by atoms with Crippen LogP contribution in [0.4, 0.5) is 11.4 Å². The van der Waals surface area contributed by atoms with Crippen molar-refractivity contribution in [3.8, 4) is 0 Å². The quantitative estimate of drug-likeness (QED) is 0.421. The molecule has 9 heteroatoms. The van der Waals surface area contributed by atoms with Gasteiger partial charge in [0.1, 0.15) is 5.58 Å². The summed E-state index contributed by atoms with van der Waals surface area (Å²) in [6.45, 7) is 9.92. The number of nitrogens with zero attached hydrogens (tertiary/aromatic N) is 2. The fourth-order valence-corrected chi connectivity index (χ4v) is 5.56. The van der Waals surface area contributed by atoms with E-state index in [9.17, 15) is 13.2 Å². The number of anilines is 2. The monoisotopic (exact) mass is 487 g/mol. The lowest BCUT2D eigenvalue weighted by Crippen LogP contribution is -2.31. The van der Waals surface area contributed by atoms with Gasteiger partial charge in [-0.3, -0.25) is 4.79 Å². The van der Waals surface area contributed by atoms with Gasteiger partial charge in [0.05, 0.1) is 22.9 Å². The summed E-state index contributed by atoms with van der Waals surface area (Å²) in [5, 5.41) is 3.71. The summed E-state index contributed by atoms with van der Waals surface area (Å²) in [6, 6.07) is 12.2. The summed E-state index contributed by atoms with van der Waals surface area (Å²) in [5.74, 6) is -0.320. The number of furan rings is 1. The Labute approximate surface area is 201 Å². The third-order valence-corrected chi connectivity index (χ3v) is 7.90. The van der Waals surface area contributed by atoms with Gasteiger partial charge in [-0.1, -0.05) is 32.0 Å². The molecule has 1 heterocycles. The molecule has 1 aromatic heterocycles. The van der Waals surface area contributed by atoms with Crippen LogP contribution in [0.25, 0.3) is 11.0 Å². The van der Waals surface area contributed by atoms with Crippen molar-refractivity contribution in [2.24, 2.45) is 0 Å². The lowest BCUT2D eigenvalue weighted by atomic mass is 10.1. The summed E-state index contributed by atoms with van der Waals surface area (Å²) >= 11 is 0. The third-order valence-electron chi connectivity index (χ3n) is 5.86.